The van der Waals surface area contributed by atoms with Gasteiger partial charge in [0.05, 0.1) is 0 Å². The summed E-state index contributed by atoms with van der Waals surface area (Å²) < 4.78 is 25.0. The number of aromatic nitrogens is 1. The minimum absolute atomic E-state index is 0.0179. The monoisotopic (exact) mass is 331 g/mol. The van der Waals surface area contributed by atoms with E-state index in [0.717, 1.165) is 0 Å². The summed E-state index contributed by atoms with van der Waals surface area (Å²) in [6.07, 6.45) is -2.25. The number of pyridine rings is 1. The highest BCUT2D eigenvalue weighted by molar-refractivity contribution is 14.1. The molecule has 0 radical (unpaired) electrons. The predicted octanol–water partition coefficient (Wildman–Crippen LogP) is 3.18. The van der Waals surface area contributed by atoms with Crippen molar-refractivity contribution in [2.75, 3.05) is 0 Å². The van der Waals surface area contributed by atoms with Crippen molar-refractivity contribution in [1.29, 1.82) is 0 Å². The number of aldehydes is 1. The normalized spacial score (nSPS) is 10.6. The van der Waals surface area contributed by atoms with Crippen LogP contribution in [0.2, 0.25) is 0 Å². The molecule has 76 valence electrons. The molecule has 0 fully saturated rings. The average Bonchev–Trinajstić information content (AvgIpc) is 2.16. The molecule has 1 aromatic heterocycles. The van der Waals surface area contributed by atoms with Gasteiger partial charge in [-0.1, -0.05) is 0 Å². The van der Waals surface area contributed by atoms with Gasteiger partial charge in [0, 0.05) is 9.45 Å². The van der Waals surface area contributed by atoms with E-state index in [2.05, 4.69) is 4.98 Å². The van der Waals surface area contributed by atoms with Crippen LogP contribution >= 0.6 is 34.2 Å². The van der Waals surface area contributed by atoms with Crippen molar-refractivity contribution in [1.82, 2.24) is 4.98 Å². The minimum Gasteiger partial charge on any atom is -0.296 e. The smallest absolute Gasteiger partial charge is 0.281 e. The molecule has 0 N–H and O–H groups in total. The molecule has 6 heteroatoms. The fraction of sp³-hybridized carbons (Fsp3) is 0.250. The van der Waals surface area contributed by atoms with Crippen LogP contribution < -0.4 is 0 Å². The number of alkyl halides is 3. The van der Waals surface area contributed by atoms with Crippen molar-refractivity contribution in [3.63, 3.8) is 0 Å². The van der Waals surface area contributed by atoms with Gasteiger partial charge in [-0.3, -0.25) is 4.79 Å². The summed E-state index contributed by atoms with van der Waals surface area (Å²) in [5, 5.41) is 0. The third-order valence-corrected chi connectivity index (χ3v) is 2.73. The molecule has 0 aromatic carbocycles. The molecule has 0 saturated carbocycles. The summed E-state index contributed by atoms with van der Waals surface area (Å²) in [5.41, 5.74) is 0.0766. The lowest BCUT2D eigenvalue weighted by Gasteiger charge is -2.06. The highest BCUT2D eigenvalue weighted by Crippen LogP contribution is 2.24. The Morgan fingerprint density at radius 3 is 2.71 bits per heavy atom. The number of hydrogen-bond donors (Lipinski definition) is 0. The molecule has 1 rings (SSSR count). The summed E-state index contributed by atoms with van der Waals surface area (Å²) in [4.78, 5) is 14.1. The SMILES string of the molecule is O=Cc1nc(C(F)F)c(I)cc1CCl. The van der Waals surface area contributed by atoms with Gasteiger partial charge in [0.15, 0.2) is 6.29 Å². The molecule has 0 aliphatic carbocycles. The Morgan fingerprint density at radius 1 is 1.64 bits per heavy atom. The Labute approximate surface area is 97.8 Å². The van der Waals surface area contributed by atoms with Crippen molar-refractivity contribution in [3.8, 4) is 0 Å². The Morgan fingerprint density at radius 2 is 2.29 bits per heavy atom. The second-order valence-corrected chi connectivity index (χ2v) is 3.88. The van der Waals surface area contributed by atoms with Gasteiger partial charge in [-0.05, 0) is 34.2 Å². The lowest BCUT2D eigenvalue weighted by molar-refractivity contribution is 0.111. The number of rotatable bonds is 3. The molecule has 0 bridgehead atoms. The fourth-order valence-electron chi connectivity index (χ4n) is 0.918. The van der Waals surface area contributed by atoms with E-state index in [9.17, 15) is 13.6 Å². The van der Waals surface area contributed by atoms with Crippen LogP contribution in [0.4, 0.5) is 8.78 Å². The number of hydrogen-bond acceptors (Lipinski definition) is 2. The zero-order chi connectivity index (χ0) is 10.7. The van der Waals surface area contributed by atoms with Crippen LogP contribution in [0, 0.1) is 3.57 Å². The maximum absolute atomic E-state index is 12.4. The van der Waals surface area contributed by atoms with Gasteiger partial charge >= 0.3 is 0 Å². The Balaban J connectivity index is 3.30. The first kappa shape index (κ1) is 11.8. The van der Waals surface area contributed by atoms with Crippen LogP contribution in [0.15, 0.2) is 6.07 Å². The average molecular weight is 331 g/mol. The summed E-state index contributed by atoms with van der Waals surface area (Å²) in [5.74, 6) is 0.0839. The molecule has 0 aliphatic rings. The van der Waals surface area contributed by atoms with Gasteiger partial charge in [-0.2, -0.15) is 0 Å². The quantitative estimate of drug-likeness (QED) is 0.484. The molecule has 14 heavy (non-hydrogen) atoms. The van der Waals surface area contributed by atoms with E-state index in [1.165, 1.54) is 6.07 Å². The first-order valence-corrected chi connectivity index (χ1v) is 5.20. The first-order chi connectivity index (χ1) is 6.60. The second kappa shape index (κ2) is 4.97. The molecule has 0 aliphatic heterocycles. The zero-order valence-electron chi connectivity index (χ0n) is 6.81. The van der Waals surface area contributed by atoms with E-state index in [0.29, 0.717) is 15.4 Å². The van der Waals surface area contributed by atoms with Crippen LogP contribution in [-0.4, -0.2) is 11.3 Å². The van der Waals surface area contributed by atoms with Crippen molar-refractivity contribution in [3.05, 3.63) is 26.6 Å². The third kappa shape index (κ3) is 2.38. The van der Waals surface area contributed by atoms with Gasteiger partial charge in [0.1, 0.15) is 11.4 Å². The van der Waals surface area contributed by atoms with E-state index in [1.54, 1.807) is 22.6 Å². The molecule has 1 aromatic rings. The van der Waals surface area contributed by atoms with Gasteiger partial charge < -0.3 is 0 Å². The van der Waals surface area contributed by atoms with Gasteiger partial charge in [0.2, 0.25) is 0 Å². The van der Waals surface area contributed by atoms with Crippen LogP contribution in [0.3, 0.4) is 0 Å². The maximum atomic E-state index is 12.4. The molecule has 0 unspecified atom stereocenters. The van der Waals surface area contributed by atoms with Gasteiger partial charge in [0.25, 0.3) is 6.43 Å². The highest BCUT2D eigenvalue weighted by atomic mass is 127. The molecule has 2 nitrogen and oxygen atoms in total. The summed E-state index contributed by atoms with van der Waals surface area (Å²) >= 11 is 7.27. The van der Waals surface area contributed by atoms with E-state index >= 15 is 0 Å². The van der Waals surface area contributed by atoms with Gasteiger partial charge in [-0.15, -0.1) is 11.6 Å². The van der Waals surface area contributed by atoms with Crippen molar-refractivity contribution >= 4 is 40.5 Å². The largest absolute Gasteiger partial charge is 0.296 e. The topological polar surface area (TPSA) is 30.0 Å². The van der Waals surface area contributed by atoms with Crippen LogP contribution in [-0.2, 0) is 5.88 Å². The molecule has 1 heterocycles. The molecular formula is C8H5ClF2INO. The third-order valence-electron chi connectivity index (χ3n) is 1.58. The summed E-state index contributed by atoms with van der Waals surface area (Å²) in [6.45, 7) is 0. The number of halogens is 4. The second-order valence-electron chi connectivity index (χ2n) is 2.45. The fourth-order valence-corrected chi connectivity index (χ4v) is 1.86. The van der Waals surface area contributed by atoms with E-state index in [1.807, 2.05) is 0 Å². The molecule has 0 spiro atoms. The molecule has 0 atom stereocenters. The predicted molar refractivity (Wildman–Crippen MR) is 56.9 cm³/mol. The van der Waals surface area contributed by atoms with Crippen LogP contribution in [0.25, 0.3) is 0 Å². The van der Waals surface area contributed by atoms with Gasteiger partial charge in [-0.25, -0.2) is 13.8 Å². The van der Waals surface area contributed by atoms with Crippen molar-refractivity contribution in [2.24, 2.45) is 0 Å². The summed E-state index contributed by atoms with van der Waals surface area (Å²) in [7, 11) is 0. The zero-order valence-corrected chi connectivity index (χ0v) is 9.72. The van der Waals surface area contributed by atoms with Crippen LogP contribution in [0.1, 0.15) is 28.2 Å². The van der Waals surface area contributed by atoms with E-state index in [4.69, 9.17) is 11.6 Å². The highest BCUT2D eigenvalue weighted by Gasteiger charge is 2.16. The maximum Gasteiger partial charge on any atom is 0.281 e. The van der Waals surface area contributed by atoms with Crippen molar-refractivity contribution < 1.29 is 13.6 Å². The molecular weight excluding hydrogens is 326 g/mol. The number of carbonyl (C=O) groups is 1. The molecule has 0 amide bonds. The Hall–Kier alpha value is -0.300. The van der Waals surface area contributed by atoms with E-state index < -0.39 is 6.43 Å². The minimum atomic E-state index is -2.68. The van der Waals surface area contributed by atoms with E-state index in [-0.39, 0.29) is 17.3 Å². The number of nitrogens with zero attached hydrogens (tertiary/aromatic N) is 1. The lowest BCUT2D eigenvalue weighted by Crippen LogP contribution is -2.02. The van der Waals surface area contributed by atoms with Crippen molar-refractivity contribution in [2.45, 2.75) is 12.3 Å². The standard InChI is InChI=1S/C8H5ClF2INO/c9-2-4-1-5(12)7(8(10)11)13-6(4)3-14/h1,3,8H,2H2. The molecule has 0 saturated heterocycles. The first-order valence-electron chi connectivity index (χ1n) is 3.58. The Kier molecular flexibility index (Phi) is 4.18. The Bertz CT molecular complexity index is 359. The summed E-state index contributed by atoms with van der Waals surface area (Å²) in [6, 6.07) is 1.45. The lowest BCUT2D eigenvalue weighted by atomic mass is 10.2. The number of carbonyl (C=O) groups excluding carboxylic acids is 1. The van der Waals surface area contributed by atoms with Crippen LogP contribution in [0.5, 0.6) is 0 Å².